The van der Waals surface area contributed by atoms with Crippen LogP contribution in [-0.4, -0.2) is 32.1 Å². The number of benzene rings is 1. The number of rotatable bonds is 9. The van der Waals surface area contributed by atoms with Crippen LogP contribution in [0.5, 0.6) is 0 Å². The van der Waals surface area contributed by atoms with Crippen LogP contribution >= 0.6 is 0 Å². The topological polar surface area (TPSA) is 67.4 Å². The predicted octanol–water partition coefficient (Wildman–Crippen LogP) is 2.58. The lowest BCUT2D eigenvalue weighted by atomic mass is 10.1. The van der Waals surface area contributed by atoms with Gasteiger partial charge in [0.25, 0.3) is 5.91 Å². The van der Waals surface area contributed by atoms with Gasteiger partial charge in [0, 0.05) is 31.3 Å². The summed E-state index contributed by atoms with van der Waals surface area (Å²) in [5, 5.41) is 5.57. The molecular formula is C16H24N2O3. The minimum Gasteiger partial charge on any atom is -0.383 e. The van der Waals surface area contributed by atoms with Crippen LogP contribution < -0.4 is 10.6 Å². The Bertz CT molecular complexity index is 461. The molecule has 0 atom stereocenters. The maximum atomic E-state index is 11.9. The Labute approximate surface area is 126 Å². The van der Waals surface area contributed by atoms with Gasteiger partial charge in [-0.25, -0.2) is 0 Å². The summed E-state index contributed by atoms with van der Waals surface area (Å²) in [4.78, 5) is 23.6. The van der Waals surface area contributed by atoms with E-state index in [0.717, 1.165) is 19.3 Å². The minimum atomic E-state index is -0.172. The first-order valence-electron chi connectivity index (χ1n) is 7.34. The first-order valence-corrected chi connectivity index (χ1v) is 7.34. The number of unbranched alkanes of at least 4 members (excludes halogenated alkanes) is 2. The largest absolute Gasteiger partial charge is 0.383 e. The van der Waals surface area contributed by atoms with Gasteiger partial charge in [0.2, 0.25) is 5.91 Å². The highest BCUT2D eigenvalue weighted by Gasteiger charge is 2.07. The number of anilines is 1. The molecule has 0 bridgehead atoms. The lowest BCUT2D eigenvalue weighted by molar-refractivity contribution is -0.116. The normalized spacial score (nSPS) is 10.2. The molecule has 5 nitrogen and oxygen atoms in total. The highest BCUT2D eigenvalue weighted by Crippen LogP contribution is 2.12. The van der Waals surface area contributed by atoms with E-state index in [2.05, 4.69) is 17.6 Å². The summed E-state index contributed by atoms with van der Waals surface area (Å²) < 4.78 is 4.88. The van der Waals surface area contributed by atoms with Gasteiger partial charge in [-0.15, -0.1) is 0 Å². The summed E-state index contributed by atoms with van der Waals surface area (Å²) in [6.07, 6.45) is 3.54. The molecule has 1 aromatic rings. The summed E-state index contributed by atoms with van der Waals surface area (Å²) in [7, 11) is 1.58. The van der Waals surface area contributed by atoms with E-state index in [9.17, 15) is 9.59 Å². The van der Waals surface area contributed by atoms with Gasteiger partial charge in [-0.05, 0) is 24.6 Å². The highest BCUT2D eigenvalue weighted by atomic mass is 16.5. The maximum Gasteiger partial charge on any atom is 0.251 e. The van der Waals surface area contributed by atoms with Crippen LogP contribution in [0.2, 0.25) is 0 Å². The van der Waals surface area contributed by atoms with Crippen molar-refractivity contribution < 1.29 is 14.3 Å². The van der Waals surface area contributed by atoms with E-state index in [1.165, 1.54) is 0 Å². The maximum absolute atomic E-state index is 11.9. The molecule has 0 spiro atoms. The van der Waals surface area contributed by atoms with Crippen molar-refractivity contribution in [2.45, 2.75) is 32.6 Å². The number of amides is 2. The molecule has 1 aromatic carbocycles. The first-order chi connectivity index (χ1) is 10.2. The summed E-state index contributed by atoms with van der Waals surface area (Å²) >= 11 is 0. The molecule has 1 rings (SSSR count). The summed E-state index contributed by atoms with van der Waals surface area (Å²) in [6, 6.07) is 6.94. The number of carbonyl (C=O) groups is 2. The van der Waals surface area contributed by atoms with Gasteiger partial charge in [0.05, 0.1) is 6.61 Å². The van der Waals surface area contributed by atoms with E-state index in [4.69, 9.17) is 4.74 Å². The Kier molecular flexibility index (Phi) is 8.12. The number of carbonyl (C=O) groups excluding carboxylic acids is 2. The Hall–Kier alpha value is -1.88. The summed E-state index contributed by atoms with van der Waals surface area (Å²) in [5.41, 5.74) is 1.17. The molecule has 0 saturated heterocycles. The van der Waals surface area contributed by atoms with Gasteiger partial charge in [-0.3, -0.25) is 9.59 Å². The van der Waals surface area contributed by atoms with Crippen LogP contribution in [0.1, 0.15) is 43.0 Å². The zero-order valence-electron chi connectivity index (χ0n) is 12.8. The molecular weight excluding hydrogens is 268 g/mol. The van der Waals surface area contributed by atoms with Gasteiger partial charge in [0.1, 0.15) is 0 Å². The fourth-order valence-electron chi connectivity index (χ4n) is 1.87. The number of nitrogens with one attached hydrogen (secondary N) is 2. The molecule has 21 heavy (non-hydrogen) atoms. The smallest absolute Gasteiger partial charge is 0.251 e. The highest BCUT2D eigenvalue weighted by molar-refractivity contribution is 5.97. The molecule has 0 aliphatic heterocycles. The molecule has 0 unspecified atom stereocenters. The number of hydrogen-bond acceptors (Lipinski definition) is 3. The third-order valence-electron chi connectivity index (χ3n) is 3.01. The lowest BCUT2D eigenvalue weighted by Crippen LogP contribution is -2.27. The number of methoxy groups -OCH3 is 1. The van der Waals surface area contributed by atoms with Gasteiger partial charge >= 0.3 is 0 Å². The molecule has 2 N–H and O–H groups in total. The lowest BCUT2D eigenvalue weighted by Gasteiger charge is -2.08. The summed E-state index contributed by atoms with van der Waals surface area (Å²) in [6.45, 7) is 3.03. The van der Waals surface area contributed by atoms with E-state index in [1.807, 2.05) is 0 Å². The van der Waals surface area contributed by atoms with Crippen LogP contribution in [0.4, 0.5) is 5.69 Å². The average molecular weight is 292 g/mol. The Balaban J connectivity index is 2.51. The molecule has 2 amide bonds. The van der Waals surface area contributed by atoms with Crippen molar-refractivity contribution in [2.24, 2.45) is 0 Å². The van der Waals surface area contributed by atoms with Crippen molar-refractivity contribution in [3.8, 4) is 0 Å². The van der Waals surface area contributed by atoms with E-state index < -0.39 is 0 Å². The van der Waals surface area contributed by atoms with Crippen LogP contribution in [0.15, 0.2) is 24.3 Å². The third-order valence-corrected chi connectivity index (χ3v) is 3.01. The summed E-state index contributed by atoms with van der Waals surface area (Å²) in [5.74, 6) is -0.186. The SMILES string of the molecule is CCCCCC(=O)Nc1cccc(C(=O)NCCOC)c1. The Morgan fingerprint density at radius 1 is 1.24 bits per heavy atom. The van der Waals surface area contributed by atoms with Crippen LogP contribution in [-0.2, 0) is 9.53 Å². The van der Waals surface area contributed by atoms with Crippen molar-refractivity contribution in [3.05, 3.63) is 29.8 Å². The predicted molar refractivity (Wildman–Crippen MR) is 83.4 cm³/mol. The average Bonchev–Trinajstić information content (AvgIpc) is 2.48. The van der Waals surface area contributed by atoms with Gasteiger partial charge in [-0.1, -0.05) is 25.8 Å². The molecule has 0 saturated carbocycles. The van der Waals surface area contributed by atoms with Crippen molar-refractivity contribution in [1.82, 2.24) is 5.32 Å². The van der Waals surface area contributed by atoms with Crippen molar-refractivity contribution in [2.75, 3.05) is 25.6 Å². The van der Waals surface area contributed by atoms with Crippen molar-refractivity contribution >= 4 is 17.5 Å². The monoisotopic (exact) mass is 292 g/mol. The fraction of sp³-hybridized carbons (Fsp3) is 0.500. The van der Waals surface area contributed by atoms with E-state index in [-0.39, 0.29) is 11.8 Å². The molecule has 0 aliphatic carbocycles. The van der Waals surface area contributed by atoms with E-state index in [1.54, 1.807) is 31.4 Å². The second-order valence-electron chi connectivity index (χ2n) is 4.83. The van der Waals surface area contributed by atoms with Crippen LogP contribution in [0.25, 0.3) is 0 Å². The Morgan fingerprint density at radius 3 is 2.76 bits per heavy atom. The minimum absolute atomic E-state index is 0.0135. The Morgan fingerprint density at radius 2 is 2.05 bits per heavy atom. The molecule has 0 heterocycles. The molecule has 0 fully saturated rings. The zero-order chi connectivity index (χ0) is 15.5. The number of ether oxygens (including phenoxy) is 1. The molecule has 116 valence electrons. The van der Waals surface area contributed by atoms with Gasteiger partial charge in [0.15, 0.2) is 0 Å². The second kappa shape index (κ2) is 9.94. The standard InChI is InChI=1S/C16H24N2O3/c1-3-4-5-9-15(19)18-14-8-6-7-13(12-14)16(20)17-10-11-21-2/h6-8,12H,3-5,9-11H2,1-2H3,(H,17,20)(H,18,19). The zero-order valence-corrected chi connectivity index (χ0v) is 12.8. The van der Waals surface area contributed by atoms with Gasteiger partial charge < -0.3 is 15.4 Å². The van der Waals surface area contributed by atoms with Crippen molar-refractivity contribution in [1.29, 1.82) is 0 Å². The molecule has 5 heteroatoms. The third kappa shape index (κ3) is 6.90. The number of hydrogen-bond donors (Lipinski definition) is 2. The van der Waals surface area contributed by atoms with E-state index in [0.29, 0.717) is 30.8 Å². The molecule has 0 aromatic heterocycles. The van der Waals surface area contributed by atoms with Gasteiger partial charge in [-0.2, -0.15) is 0 Å². The molecule has 0 radical (unpaired) electrons. The van der Waals surface area contributed by atoms with Crippen molar-refractivity contribution in [3.63, 3.8) is 0 Å². The second-order valence-corrected chi connectivity index (χ2v) is 4.83. The molecule has 0 aliphatic rings. The fourth-order valence-corrected chi connectivity index (χ4v) is 1.87. The quantitative estimate of drug-likeness (QED) is 0.687. The first kappa shape index (κ1) is 17.2. The van der Waals surface area contributed by atoms with E-state index >= 15 is 0 Å². The van der Waals surface area contributed by atoms with Crippen LogP contribution in [0.3, 0.4) is 0 Å². The van der Waals surface area contributed by atoms with Crippen LogP contribution in [0, 0.1) is 0 Å².